The van der Waals surface area contributed by atoms with Crippen LogP contribution in [0, 0.1) is 0 Å². The van der Waals surface area contributed by atoms with E-state index in [1.54, 1.807) is 12.4 Å². The minimum absolute atomic E-state index is 0.0394. The summed E-state index contributed by atoms with van der Waals surface area (Å²) >= 11 is 6.11. The summed E-state index contributed by atoms with van der Waals surface area (Å²) in [6.45, 7) is 1.34. The van der Waals surface area contributed by atoms with Crippen LogP contribution < -0.4 is 4.74 Å². The van der Waals surface area contributed by atoms with E-state index < -0.39 is 0 Å². The number of rotatable bonds is 4. The molecule has 0 radical (unpaired) electrons. The molecule has 0 spiro atoms. The molecule has 1 aliphatic rings. The normalized spacial score (nSPS) is 17.5. The maximum absolute atomic E-state index is 12.4. The van der Waals surface area contributed by atoms with Crippen molar-refractivity contribution < 1.29 is 9.53 Å². The Kier molecular flexibility index (Phi) is 4.59. The van der Waals surface area contributed by atoms with Crippen LogP contribution in [0.2, 0.25) is 5.02 Å². The Bertz CT molecular complexity index is 648. The zero-order valence-electron chi connectivity index (χ0n) is 12.1. The summed E-state index contributed by atoms with van der Waals surface area (Å²) in [4.78, 5) is 18.2. The second-order valence-corrected chi connectivity index (χ2v) is 5.73. The Morgan fingerprint density at radius 1 is 1.27 bits per heavy atom. The first-order valence-corrected chi connectivity index (χ1v) is 7.68. The van der Waals surface area contributed by atoms with Crippen molar-refractivity contribution in [2.45, 2.75) is 18.9 Å². The lowest BCUT2D eigenvalue weighted by atomic mass is 10.1. The van der Waals surface area contributed by atoms with E-state index in [1.165, 1.54) is 0 Å². The number of amides is 1. The van der Waals surface area contributed by atoms with E-state index in [2.05, 4.69) is 4.98 Å². The highest BCUT2D eigenvalue weighted by molar-refractivity contribution is 6.31. The summed E-state index contributed by atoms with van der Waals surface area (Å²) in [5.41, 5.74) is 0.868. The highest BCUT2D eigenvalue weighted by Gasteiger charge is 2.27. The van der Waals surface area contributed by atoms with E-state index in [0.29, 0.717) is 18.0 Å². The van der Waals surface area contributed by atoms with E-state index in [9.17, 15) is 4.79 Å². The number of pyridine rings is 1. The Morgan fingerprint density at radius 2 is 2.05 bits per heavy atom. The smallest absolute Gasteiger partial charge is 0.227 e. The summed E-state index contributed by atoms with van der Waals surface area (Å²) in [5, 5.41) is 0.639. The lowest BCUT2D eigenvalue weighted by Gasteiger charge is -2.17. The van der Waals surface area contributed by atoms with Crippen LogP contribution in [0.15, 0.2) is 48.8 Å². The van der Waals surface area contributed by atoms with Gasteiger partial charge in [-0.2, -0.15) is 0 Å². The molecule has 5 heteroatoms. The fourth-order valence-electron chi connectivity index (χ4n) is 2.58. The minimum atomic E-state index is 0.0394. The van der Waals surface area contributed by atoms with Crippen molar-refractivity contribution in [1.29, 1.82) is 0 Å². The number of benzene rings is 1. The molecule has 0 bridgehead atoms. The highest BCUT2D eigenvalue weighted by atomic mass is 35.5. The molecule has 114 valence electrons. The van der Waals surface area contributed by atoms with Gasteiger partial charge in [-0.05, 0) is 23.8 Å². The van der Waals surface area contributed by atoms with Crippen molar-refractivity contribution >= 4 is 17.5 Å². The van der Waals surface area contributed by atoms with Gasteiger partial charge in [0.1, 0.15) is 11.9 Å². The summed E-state index contributed by atoms with van der Waals surface area (Å²) in [7, 11) is 0. The van der Waals surface area contributed by atoms with Gasteiger partial charge in [0.15, 0.2) is 0 Å². The van der Waals surface area contributed by atoms with Gasteiger partial charge in [0, 0.05) is 30.4 Å². The van der Waals surface area contributed by atoms with Crippen molar-refractivity contribution in [1.82, 2.24) is 9.88 Å². The molecule has 2 heterocycles. The van der Waals surface area contributed by atoms with Gasteiger partial charge in [-0.1, -0.05) is 29.8 Å². The van der Waals surface area contributed by atoms with Crippen LogP contribution in [-0.4, -0.2) is 35.0 Å². The van der Waals surface area contributed by atoms with Crippen LogP contribution in [0.4, 0.5) is 0 Å². The zero-order chi connectivity index (χ0) is 15.4. The maximum atomic E-state index is 12.4. The van der Waals surface area contributed by atoms with Crippen LogP contribution in [-0.2, 0) is 11.2 Å². The number of aromatic nitrogens is 1. The fourth-order valence-corrected chi connectivity index (χ4v) is 2.78. The van der Waals surface area contributed by atoms with Gasteiger partial charge in [-0.25, -0.2) is 0 Å². The van der Waals surface area contributed by atoms with Gasteiger partial charge >= 0.3 is 0 Å². The number of halogens is 1. The molecular formula is C17H17ClN2O2. The van der Waals surface area contributed by atoms with Crippen LogP contribution in [0.5, 0.6) is 5.75 Å². The van der Waals surface area contributed by atoms with Crippen molar-refractivity contribution in [3.63, 3.8) is 0 Å². The third-order valence-electron chi connectivity index (χ3n) is 3.75. The van der Waals surface area contributed by atoms with Crippen molar-refractivity contribution in [3.8, 4) is 5.75 Å². The fraction of sp³-hybridized carbons (Fsp3) is 0.294. The number of hydrogen-bond donors (Lipinski definition) is 0. The molecule has 1 saturated heterocycles. The van der Waals surface area contributed by atoms with Crippen LogP contribution in [0.25, 0.3) is 0 Å². The largest absolute Gasteiger partial charge is 0.488 e. The van der Waals surface area contributed by atoms with Crippen molar-refractivity contribution in [2.24, 2.45) is 0 Å². The first-order chi connectivity index (χ1) is 10.7. The van der Waals surface area contributed by atoms with Gasteiger partial charge in [0.25, 0.3) is 0 Å². The molecule has 22 heavy (non-hydrogen) atoms. The average molecular weight is 317 g/mol. The van der Waals surface area contributed by atoms with Gasteiger partial charge in [0.05, 0.1) is 13.0 Å². The van der Waals surface area contributed by atoms with Crippen molar-refractivity contribution in [2.75, 3.05) is 13.1 Å². The number of carbonyl (C=O) groups is 1. The van der Waals surface area contributed by atoms with Gasteiger partial charge in [-0.3, -0.25) is 9.78 Å². The van der Waals surface area contributed by atoms with Crippen molar-refractivity contribution in [3.05, 3.63) is 59.4 Å². The van der Waals surface area contributed by atoms with Gasteiger partial charge in [0.2, 0.25) is 5.91 Å². The molecule has 4 nitrogen and oxygen atoms in total. The number of ether oxygens (including phenoxy) is 1. The molecule has 1 aromatic carbocycles. The van der Waals surface area contributed by atoms with Crippen LogP contribution in [0.3, 0.4) is 0 Å². The van der Waals surface area contributed by atoms with E-state index >= 15 is 0 Å². The second-order valence-electron chi connectivity index (χ2n) is 5.32. The molecule has 1 aromatic heterocycles. The minimum Gasteiger partial charge on any atom is -0.488 e. The summed E-state index contributed by atoms with van der Waals surface area (Å²) in [5.74, 6) is 0.884. The monoisotopic (exact) mass is 316 g/mol. The molecule has 1 aliphatic heterocycles. The van der Waals surface area contributed by atoms with E-state index in [-0.39, 0.29) is 12.0 Å². The third kappa shape index (κ3) is 3.57. The van der Waals surface area contributed by atoms with Gasteiger partial charge in [-0.15, -0.1) is 0 Å². The maximum Gasteiger partial charge on any atom is 0.227 e. The zero-order valence-corrected chi connectivity index (χ0v) is 12.9. The molecule has 1 unspecified atom stereocenters. The molecule has 3 rings (SSSR count). The topological polar surface area (TPSA) is 42.4 Å². The molecule has 1 atom stereocenters. The molecular weight excluding hydrogens is 300 g/mol. The molecule has 1 amide bonds. The Hall–Kier alpha value is -2.07. The molecule has 0 aliphatic carbocycles. The molecule has 2 aromatic rings. The van der Waals surface area contributed by atoms with E-state index in [1.807, 2.05) is 41.3 Å². The highest BCUT2D eigenvalue weighted by Crippen LogP contribution is 2.20. The number of hydrogen-bond acceptors (Lipinski definition) is 3. The Morgan fingerprint density at radius 3 is 2.82 bits per heavy atom. The predicted molar refractivity (Wildman–Crippen MR) is 85.0 cm³/mol. The molecule has 1 fully saturated rings. The molecule has 0 saturated carbocycles. The summed E-state index contributed by atoms with van der Waals surface area (Å²) in [6.07, 6.45) is 4.62. The van der Waals surface area contributed by atoms with Crippen LogP contribution >= 0.6 is 11.6 Å². The number of nitrogens with zero attached hydrogens (tertiary/aromatic N) is 2. The van der Waals surface area contributed by atoms with Crippen LogP contribution in [0.1, 0.15) is 12.0 Å². The Balaban J connectivity index is 1.56. The lowest BCUT2D eigenvalue weighted by molar-refractivity contribution is -0.129. The third-order valence-corrected chi connectivity index (χ3v) is 4.12. The van der Waals surface area contributed by atoms with E-state index in [4.69, 9.17) is 16.3 Å². The number of likely N-dealkylation sites (tertiary alicyclic amines) is 1. The SMILES string of the molecule is O=C(Cc1ccccc1Cl)N1CCC(Oc2ccncc2)C1. The second kappa shape index (κ2) is 6.79. The first-order valence-electron chi connectivity index (χ1n) is 7.30. The quantitative estimate of drug-likeness (QED) is 0.871. The van der Waals surface area contributed by atoms with E-state index in [0.717, 1.165) is 24.3 Å². The molecule has 0 N–H and O–H groups in total. The Labute approximate surface area is 134 Å². The predicted octanol–water partition coefficient (Wildman–Crippen LogP) is 2.96. The average Bonchev–Trinajstić information content (AvgIpc) is 2.99. The summed E-state index contributed by atoms with van der Waals surface area (Å²) in [6, 6.07) is 11.1. The first kappa shape index (κ1) is 14.9. The number of carbonyl (C=O) groups excluding carboxylic acids is 1. The summed E-state index contributed by atoms with van der Waals surface area (Å²) < 4.78 is 5.87. The van der Waals surface area contributed by atoms with Gasteiger partial charge < -0.3 is 9.64 Å². The lowest BCUT2D eigenvalue weighted by Crippen LogP contribution is -2.32. The standard InChI is InChI=1S/C17H17ClN2O2/c18-16-4-2-1-3-13(16)11-17(21)20-10-7-15(12-20)22-14-5-8-19-9-6-14/h1-6,8-9,15H,7,10-12H2.